The summed E-state index contributed by atoms with van der Waals surface area (Å²) in [6.45, 7) is 9.20. The molecule has 0 unspecified atom stereocenters. The Kier molecular flexibility index (Phi) is 10.3. The smallest absolute Gasteiger partial charge is 0.264 e. The van der Waals surface area contributed by atoms with E-state index in [0.717, 1.165) is 26.6 Å². The van der Waals surface area contributed by atoms with Crippen LogP contribution in [0.5, 0.6) is 0 Å². The summed E-state index contributed by atoms with van der Waals surface area (Å²) in [5.74, 6) is -0.799. The molecular weight excluding hydrogens is 570 g/mol. The number of rotatable bonds is 11. The molecule has 8 heteroatoms. The number of aryl methyl sites for hydroxylation is 2. The van der Waals surface area contributed by atoms with E-state index in [1.807, 2.05) is 101 Å². The number of amides is 2. The van der Waals surface area contributed by atoms with Crippen molar-refractivity contribution in [2.75, 3.05) is 10.8 Å². The molecule has 0 saturated carbocycles. The van der Waals surface area contributed by atoms with Gasteiger partial charge in [0.2, 0.25) is 11.8 Å². The number of carbonyl (C=O) groups excluding carboxylic acids is 2. The number of hydrogen-bond donors (Lipinski definition) is 1. The van der Waals surface area contributed by atoms with Crippen LogP contribution >= 0.6 is 0 Å². The molecule has 1 N–H and O–H groups in total. The summed E-state index contributed by atoms with van der Waals surface area (Å²) >= 11 is 0. The molecule has 0 aliphatic carbocycles. The van der Waals surface area contributed by atoms with E-state index in [0.29, 0.717) is 5.69 Å². The highest BCUT2D eigenvalue weighted by molar-refractivity contribution is 7.92. The minimum absolute atomic E-state index is 0.0740. The van der Waals surface area contributed by atoms with Crippen LogP contribution in [0.1, 0.15) is 43.0 Å². The van der Waals surface area contributed by atoms with Gasteiger partial charge in [-0.2, -0.15) is 0 Å². The Morgan fingerprint density at radius 1 is 0.750 bits per heavy atom. The van der Waals surface area contributed by atoms with Crippen molar-refractivity contribution in [1.82, 2.24) is 10.2 Å². The summed E-state index contributed by atoms with van der Waals surface area (Å²) in [5, 5.41) is 3.05. The molecule has 0 fully saturated rings. The summed E-state index contributed by atoms with van der Waals surface area (Å²) in [6, 6.07) is 31.5. The quantitative estimate of drug-likeness (QED) is 0.224. The lowest BCUT2D eigenvalue weighted by atomic mass is 10.0. The van der Waals surface area contributed by atoms with Crippen LogP contribution in [-0.4, -0.2) is 43.3 Å². The zero-order chi connectivity index (χ0) is 31.9. The van der Waals surface area contributed by atoms with Crippen molar-refractivity contribution in [2.45, 2.75) is 64.1 Å². The third kappa shape index (κ3) is 8.57. The van der Waals surface area contributed by atoms with Gasteiger partial charge >= 0.3 is 0 Å². The summed E-state index contributed by atoms with van der Waals surface area (Å²) in [7, 11) is -4.12. The summed E-state index contributed by atoms with van der Waals surface area (Å²) in [4.78, 5) is 30.0. The van der Waals surface area contributed by atoms with Crippen LogP contribution in [0.2, 0.25) is 0 Å². The van der Waals surface area contributed by atoms with E-state index in [1.54, 1.807) is 30.3 Å². The Balaban J connectivity index is 1.81. The minimum atomic E-state index is -4.12. The van der Waals surface area contributed by atoms with Gasteiger partial charge in [-0.15, -0.1) is 0 Å². The molecule has 4 aromatic rings. The third-order valence-corrected chi connectivity index (χ3v) is 8.92. The SMILES string of the molecule is Cc1ccc(N(CC(=O)N(Cc2cccc(C)c2)[C@H](Cc2ccccc2)C(=O)NC(C)(C)C)S(=O)(=O)c2ccccc2)cc1. The molecule has 7 nitrogen and oxygen atoms in total. The number of hydrogen-bond acceptors (Lipinski definition) is 4. The van der Waals surface area contributed by atoms with Crippen molar-refractivity contribution in [3.05, 3.63) is 131 Å². The number of nitrogens with one attached hydrogen (secondary N) is 1. The average Bonchev–Trinajstić information content (AvgIpc) is 2.98. The second kappa shape index (κ2) is 13.9. The topological polar surface area (TPSA) is 86.8 Å². The molecule has 1 atom stereocenters. The lowest BCUT2D eigenvalue weighted by molar-refractivity contribution is -0.140. The van der Waals surface area contributed by atoms with Crippen molar-refractivity contribution in [1.29, 1.82) is 0 Å². The second-order valence-electron chi connectivity index (χ2n) is 12.1. The van der Waals surface area contributed by atoms with Gasteiger partial charge in [0, 0.05) is 18.5 Å². The second-order valence-corrected chi connectivity index (χ2v) is 14.0. The first-order valence-corrected chi connectivity index (χ1v) is 16.1. The van der Waals surface area contributed by atoms with Crippen LogP contribution in [0.15, 0.2) is 114 Å². The molecular formula is C36H41N3O4S. The Labute approximate surface area is 261 Å². The molecule has 2 amide bonds. The van der Waals surface area contributed by atoms with Crippen LogP contribution < -0.4 is 9.62 Å². The van der Waals surface area contributed by atoms with Crippen molar-refractivity contribution in [3.8, 4) is 0 Å². The van der Waals surface area contributed by atoms with Crippen LogP contribution in [0.4, 0.5) is 5.69 Å². The molecule has 0 aromatic heterocycles. The Morgan fingerprint density at radius 2 is 1.34 bits per heavy atom. The maximum Gasteiger partial charge on any atom is 0.264 e. The van der Waals surface area contributed by atoms with Crippen LogP contribution in [0, 0.1) is 13.8 Å². The van der Waals surface area contributed by atoms with E-state index in [-0.39, 0.29) is 23.8 Å². The van der Waals surface area contributed by atoms with E-state index < -0.39 is 34.1 Å². The van der Waals surface area contributed by atoms with Gasteiger partial charge in [-0.05, 0) is 70.0 Å². The highest BCUT2D eigenvalue weighted by atomic mass is 32.2. The molecule has 0 saturated heterocycles. The highest BCUT2D eigenvalue weighted by Gasteiger charge is 2.35. The van der Waals surface area contributed by atoms with Crippen molar-refractivity contribution in [3.63, 3.8) is 0 Å². The van der Waals surface area contributed by atoms with Gasteiger partial charge in [0.15, 0.2) is 0 Å². The Bertz CT molecular complexity index is 1670. The fourth-order valence-electron chi connectivity index (χ4n) is 4.97. The van der Waals surface area contributed by atoms with E-state index >= 15 is 0 Å². The molecule has 4 rings (SSSR count). The molecule has 0 radical (unpaired) electrons. The van der Waals surface area contributed by atoms with Gasteiger partial charge in [0.05, 0.1) is 10.6 Å². The maximum atomic E-state index is 14.5. The molecule has 0 spiro atoms. The van der Waals surface area contributed by atoms with Gasteiger partial charge in [-0.3, -0.25) is 13.9 Å². The largest absolute Gasteiger partial charge is 0.350 e. The Morgan fingerprint density at radius 3 is 1.93 bits per heavy atom. The fourth-order valence-corrected chi connectivity index (χ4v) is 6.41. The maximum absolute atomic E-state index is 14.5. The lowest BCUT2D eigenvalue weighted by Gasteiger charge is -2.35. The van der Waals surface area contributed by atoms with Gasteiger partial charge in [-0.1, -0.05) is 96.1 Å². The van der Waals surface area contributed by atoms with E-state index in [2.05, 4.69) is 5.32 Å². The standard InChI is InChI=1S/C36H41N3O4S/c1-27-19-21-31(22-20-27)39(44(42,43)32-17-10-7-11-18-32)26-34(40)38(25-30-16-12-13-28(2)23-30)33(35(41)37-36(3,4)5)24-29-14-8-6-9-15-29/h6-23,33H,24-26H2,1-5H3,(H,37,41)/t33-/m1/s1. The number of benzene rings is 4. The molecule has 4 aromatic carbocycles. The predicted molar refractivity (Wildman–Crippen MR) is 176 cm³/mol. The van der Waals surface area contributed by atoms with Gasteiger partial charge in [-0.25, -0.2) is 8.42 Å². The fraction of sp³-hybridized carbons (Fsp3) is 0.278. The first-order valence-electron chi connectivity index (χ1n) is 14.7. The molecule has 0 heterocycles. The molecule has 44 heavy (non-hydrogen) atoms. The lowest BCUT2D eigenvalue weighted by Crippen LogP contribution is -2.56. The van der Waals surface area contributed by atoms with Crippen molar-refractivity contribution >= 4 is 27.5 Å². The average molecular weight is 612 g/mol. The third-order valence-electron chi connectivity index (χ3n) is 7.14. The van der Waals surface area contributed by atoms with Crippen molar-refractivity contribution in [2.24, 2.45) is 0 Å². The number of nitrogens with zero attached hydrogens (tertiary/aromatic N) is 2. The monoisotopic (exact) mass is 611 g/mol. The minimum Gasteiger partial charge on any atom is -0.350 e. The normalized spacial score (nSPS) is 12.3. The van der Waals surface area contributed by atoms with Crippen LogP contribution in [0.25, 0.3) is 0 Å². The zero-order valence-corrected chi connectivity index (χ0v) is 26.8. The first kappa shape index (κ1) is 32.5. The first-order chi connectivity index (χ1) is 20.8. The molecule has 0 bridgehead atoms. The van der Waals surface area contributed by atoms with Gasteiger partial charge in [0.25, 0.3) is 10.0 Å². The van der Waals surface area contributed by atoms with E-state index in [4.69, 9.17) is 0 Å². The number of anilines is 1. The van der Waals surface area contributed by atoms with E-state index in [1.165, 1.54) is 17.0 Å². The number of carbonyl (C=O) groups is 2. The number of sulfonamides is 1. The van der Waals surface area contributed by atoms with Gasteiger partial charge < -0.3 is 10.2 Å². The van der Waals surface area contributed by atoms with Crippen molar-refractivity contribution < 1.29 is 18.0 Å². The van der Waals surface area contributed by atoms with Gasteiger partial charge in [0.1, 0.15) is 12.6 Å². The molecule has 0 aliphatic heterocycles. The highest BCUT2D eigenvalue weighted by Crippen LogP contribution is 2.25. The molecule has 230 valence electrons. The van der Waals surface area contributed by atoms with Crippen LogP contribution in [0.3, 0.4) is 0 Å². The zero-order valence-electron chi connectivity index (χ0n) is 26.0. The Hall–Kier alpha value is -4.43. The summed E-state index contributed by atoms with van der Waals surface area (Å²) in [6.07, 6.45) is 0.260. The van der Waals surface area contributed by atoms with E-state index in [9.17, 15) is 18.0 Å². The summed E-state index contributed by atoms with van der Waals surface area (Å²) in [5.41, 5.74) is 3.52. The predicted octanol–water partition coefficient (Wildman–Crippen LogP) is 6.05. The molecule has 0 aliphatic rings. The summed E-state index contributed by atoms with van der Waals surface area (Å²) < 4.78 is 29.2. The van der Waals surface area contributed by atoms with Crippen LogP contribution in [-0.2, 0) is 32.6 Å².